The van der Waals surface area contributed by atoms with Crippen LogP contribution >= 0.6 is 11.6 Å². The predicted molar refractivity (Wildman–Crippen MR) is 96.4 cm³/mol. The number of allylic oxidation sites excluding steroid dienone is 1. The monoisotopic (exact) mass is 427 g/mol. The summed E-state index contributed by atoms with van der Waals surface area (Å²) < 4.78 is 57.9. The fourth-order valence-corrected chi connectivity index (χ4v) is 3.19. The van der Waals surface area contributed by atoms with Crippen molar-refractivity contribution in [3.05, 3.63) is 82.3 Å². The zero-order valence-corrected chi connectivity index (χ0v) is 15.5. The highest BCUT2D eigenvalue weighted by atomic mass is 35.5. The van der Waals surface area contributed by atoms with Gasteiger partial charge in [0.25, 0.3) is 0 Å². The van der Waals surface area contributed by atoms with Gasteiger partial charge < -0.3 is 4.74 Å². The van der Waals surface area contributed by atoms with Gasteiger partial charge in [-0.3, -0.25) is 9.69 Å². The fourth-order valence-electron chi connectivity index (χ4n) is 2.90. The molecule has 0 saturated heterocycles. The molecule has 9 heteroatoms. The summed E-state index contributed by atoms with van der Waals surface area (Å²) >= 11 is 5.95. The maximum absolute atomic E-state index is 14.1. The molecule has 2 aromatic carbocycles. The average Bonchev–Trinajstić information content (AvgIpc) is 2.67. The van der Waals surface area contributed by atoms with E-state index >= 15 is 0 Å². The summed E-state index contributed by atoms with van der Waals surface area (Å²) in [6.45, 7) is -0.0558. The summed E-state index contributed by atoms with van der Waals surface area (Å²) in [6.07, 6.45) is -3.77. The van der Waals surface area contributed by atoms with Crippen LogP contribution in [0.25, 0.3) is 0 Å². The van der Waals surface area contributed by atoms with Crippen LogP contribution in [0.2, 0.25) is 5.02 Å². The third-order valence-corrected chi connectivity index (χ3v) is 4.65. The smallest absolute Gasteiger partial charge is 0.419 e. The number of hydrogen-bond donors (Lipinski definition) is 0. The van der Waals surface area contributed by atoms with Gasteiger partial charge >= 0.3 is 12.3 Å². The van der Waals surface area contributed by atoms with Gasteiger partial charge in [-0.15, -0.1) is 0 Å². The Kier molecular flexibility index (Phi) is 5.93. The number of hydrogen-bond acceptors (Lipinski definition) is 3. The first-order valence-corrected chi connectivity index (χ1v) is 8.81. The van der Waals surface area contributed by atoms with Crippen LogP contribution in [0.4, 0.5) is 22.4 Å². The maximum atomic E-state index is 14.1. The van der Waals surface area contributed by atoms with Gasteiger partial charge in [-0.2, -0.15) is 13.2 Å². The largest absolute Gasteiger partial charge is 0.444 e. The maximum Gasteiger partial charge on any atom is 0.419 e. The minimum absolute atomic E-state index is 0.0558. The van der Waals surface area contributed by atoms with E-state index in [4.69, 9.17) is 16.3 Å². The average molecular weight is 428 g/mol. The SMILES string of the molecule is O=C1C=CN(C(=O)OCc2ccccc2)C(c2cc(F)c(C(F)(F)F)cc2Cl)C1. The van der Waals surface area contributed by atoms with Crippen molar-refractivity contribution >= 4 is 23.5 Å². The highest BCUT2D eigenvalue weighted by molar-refractivity contribution is 6.31. The van der Waals surface area contributed by atoms with Crippen molar-refractivity contribution in [2.75, 3.05) is 0 Å². The first-order valence-electron chi connectivity index (χ1n) is 8.43. The molecule has 1 atom stereocenters. The van der Waals surface area contributed by atoms with Crippen LogP contribution < -0.4 is 0 Å². The number of carbonyl (C=O) groups is 2. The third kappa shape index (κ3) is 4.76. The van der Waals surface area contributed by atoms with Crippen LogP contribution in [0.1, 0.15) is 29.2 Å². The lowest BCUT2D eigenvalue weighted by atomic mass is 9.96. The lowest BCUT2D eigenvalue weighted by Crippen LogP contribution is -2.35. The van der Waals surface area contributed by atoms with Crippen LogP contribution in [0.5, 0.6) is 0 Å². The topological polar surface area (TPSA) is 46.6 Å². The number of alkyl halides is 3. The molecule has 152 valence electrons. The first kappa shape index (κ1) is 20.9. The van der Waals surface area contributed by atoms with E-state index in [1.807, 2.05) is 0 Å². The minimum atomic E-state index is -4.93. The molecule has 2 aromatic rings. The van der Waals surface area contributed by atoms with Gasteiger partial charge in [-0.05, 0) is 29.3 Å². The molecule has 1 heterocycles. The van der Waals surface area contributed by atoms with Crippen molar-refractivity contribution in [1.82, 2.24) is 4.90 Å². The van der Waals surface area contributed by atoms with Crippen molar-refractivity contribution in [2.24, 2.45) is 0 Å². The lowest BCUT2D eigenvalue weighted by molar-refractivity contribution is -0.140. The Bertz CT molecular complexity index is 960. The molecule has 29 heavy (non-hydrogen) atoms. The van der Waals surface area contributed by atoms with E-state index in [0.29, 0.717) is 17.7 Å². The number of ketones is 1. The number of carbonyl (C=O) groups excluding carboxylic acids is 2. The van der Waals surface area contributed by atoms with Gasteiger partial charge in [0.1, 0.15) is 12.4 Å². The number of amides is 1. The van der Waals surface area contributed by atoms with Gasteiger partial charge in [0.2, 0.25) is 0 Å². The normalized spacial score (nSPS) is 16.8. The Balaban J connectivity index is 1.88. The molecule has 0 aromatic heterocycles. The van der Waals surface area contributed by atoms with Crippen molar-refractivity contribution in [1.29, 1.82) is 0 Å². The van der Waals surface area contributed by atoms with Crippen LogP contribution in [-0.2, 0) is 22.3 Å². The Labute approximate surface area is 168 Å². The van der Waals surface area contributed by atoms with Gasteiger partial charge in [-0.25, -0.2) is 9.18 Å². The number of halogens is 5. The van der Waals surface area contributed by atoms with Crippen molar-refractivity contribution in [3.63, 3.8) is 0 Å². The van der Waals surface area contributed by atoms with Gasteiger partial charge in [0.05, 0.1) is 11.6 Å². The summed E-state index contributed by atoms with van der Waals surface area (Å²) in [5.41, 5.74) is -0.929. The summed E-state index contributed by atoms with van der Waals surface area (Å²) in [5, 5.41) is -0.410. The molecule has 0 radical (unpaired) electrons. The molecule has 0 spiro atoms. The Morgan fingerprint density at radius 1 is 1.21 bits per heavy atom. The minimum Gasteiger partial charge on any atom is -0.444 e. The van der Waals surface area contributed by atoms with Crippen molar-refractivity contribution < 1.29 is 31.9 Å². The second kappa shape index (κ2) is 8.24. The molecule has 0 aliphatic carbocycles. The zero-order chi connectivity index (χ0) is 21.2. The van der Waals surface area contributed by atoms with E-state index in [0.717, 1.165) is 17.2 Å². The summed E-state index contributed by atoms with van der Waals surface area (Å²) in [7, 11) is 0. The van der Waals surface area contributed by atoms with E-state index in [9.17, 15) is 27.2 Å². The molecule has 0 fully saturated rings. The Morgan fingerprint density at radius 2 is 1.90 bits per heavy atom. The van der Waals surface area contributed by atoms with E-state index in [1.54, 1.807) is 30.3 Å². The van der Waals surface area contributed by atoms with Crippen LogP contribution in [0.15, 0.2) is 54.7 Å². The molecule has 1 unspecified atom stereocenters. The van der Waals surface area contributed by atoms with Gasteiger partial charge in [0, 0.05) is 17.6 Å². The lowest BCUT2D eigenvalue weighted by Gasteiger charge is -2.31. The van der Waals surface area contributed by atoms with Gasteiger partial charge in [0.15, 0.2) is 5.78 Å². The molecule has 1 amide bonds. The molecule has 0 bridgehead atoms. The fraction of sp³-hybridized carbons (Fsp3) is 0.200. The summed E-state index contributed by atoms with van der Waals surface area (Å²) in [6, 6.07) is 8.74. The number of benzene rings is 2. The van der Waals surface area contributed by atoms with E-state index in [-0.39, 0.29) is 18.6 Å². The third-order valence-electron chi connectivity index (χ3n) is 4.32. The molecule has 0 N–H and O–H groups in total. The standard InChI is InChI=1S/C20H14ClF4NO3/c21-16-10-15(20(23,24)25)17(22)9-14(16)18-8-13(27)6-7-26(18)19(28)29-11-12-4-2-1-3-5-12/h1-7,9-10,18H,8,11H2. The molecule has 1 aliphatic heterocycles. The second-order valence-electron chi connectivity index (χ2n) is 6.30. The molecule has 1 aliphatic rings. The highest BCUT2D eigenvalue weighted by Gasteiger charge is 2.37. The zero-order valence-electron chi connectivity index (χ0n) is 14.7. The molecular formula is C20H14ClF4NO3. The quantitative estimate of drug-likeness (QED) is 0.593. The molecular weight excluding hydrogens is 414 g/mol. The Hall–Kier alpha value is -2.87. The summed E-state index contributed by atoms with van der Waals surface area (Å²) in [4.78, 5) is 25.4. The van der Waals surface area contributed by atoms with E-state index in [1.165, 1.54) is 0 Å². The van der Waals surface area contributed by atoms with Crippen LogP contribution in [0, 0.1) is 5.82 Å². The van der Waals surface area contributed by atoms with E-state index < -0.39 is 40.5 Å². The van der Waals surface area contributed by atoms with Crippen LogP contribution in [-0.4, -0.2) is 16.8 Å². The molecule has 0 saturated carbocycles. The second-order valence-corrected chi connectivity index (χ2v) is 6.71. The molecule has 3 rings (SSSR count). The van der Waals surface area contributed by atoms with Crippen molar-refractivity contribution in [2.45, 2.75) is 25.2 Å². The van der Waals surface area contributed by atoms with Crippen LogP contribution in [0.3, 0.4) is 0 Å². The summed E-state index contributed by atoms with van der Waals surface area (Å²) in [5.74, 6) is -1.94. The predicted octanol–water partition coefficient (Wildman–Crippen LogP) is 5.66. The van der Waals surface area contributed by atoms with Crippen molar-refractivity contribution in [3.8, 4) is 0 Å². The number of rotatable bonds is 3. The number of ether oxygens (including phenoxy) is 1. The van der Waals surface area contributed by atoms with E-state index in [2.05, 4.69) is 0 Å². The molecule has 4 nitrogen and oxygen atoms in total. The number of nitrogens with zero attached hydrogens (tertiary/aromatic N) is 1. The highest BCUT2D eigenvalue weighted by Crippen LogP contribution is 2.39. The first-order chi connectivity index (χ1) is 13.7. The van der Waals surface area contributed by atoms with Gasteiger partial charge in [-0.1, -0.05) is 41.9 Å². The Morgan fingerprint density at radius 3 is 2.55 bits per heavy atom.